The minimum absolute atomic E-state index is 0.0569. The molecule has 166 valence electrons. The van der Waals surface area contributed by atoms with E-state index in [2.05, 4.69) is 0 Å². The molecule has 0 radical (unpaired) electrons. The second kappa shape index (κ2) is 8.84. The molecule has 8 heteroatoms. The topological polar surface area (TPSA) is 65.1 Å². The van der Waals surface area contributed by atoms with Crippen molar-refractivity contribution in [2.45, 2.75) is 6.54 Å². The van der Waals surface area contributed by atoms with Gasteiger partial charge in [0.1, 0.15) is 5.75 Å². The van der Waals surface area contributed by atoms with E-state index in [9.17, 15) is 9.59 Å². The molecular weight excluding hydrogens is 462 g/mol. The van der Waals surface area contributed by atoms with Crippen LogP contribution in [0.2, 0.25) is 5.02 Å². The van der Waals surface area contributed by atoms with Gasteiger partial charge in [-0.1, -0.05) is 41.9 Å². The molecule has 3 aromatic carbocycles. The summed E-state index contributed by atoms with van der Waals surface area (Å²) in [5.41, 5.74) is 3.41. The molecule has 1 fully saturated rings. The molecule has 5 rings (SSSR count). The van der Waals surface area contributed by atoms with Gasteiger partial charge in [-0.25, -0.2) is 0 Å². The fourth-order valence-corrected chi connectivity index (χ4v) is 4.70. The molecule has 33 heavy (non-hydrogen) atoms. The first-order chi connectivity index (χ1) is 16.0. The number of carbonyl (C=O) groups excluding carboxylic acids is 2. The Morgan fingerprint density at radius 1 is 1.03 bits per heavy atom. The molecule has 0 aromatic heterocycles. The number of benzene rings is 3. The maximum absolute atomic E-state index is 13.0. The van der Waals surface area contributed by atoms with Gasteiger partial charge in [-0.2, -0.15) is 0 Å². The van der Waals surface area contributed by atoms with Crippen molar-refractivity contribution in [3.8, 4) is 28.4 Å². The van der Waals surface area contributed by atoms with Crippen LogP contribution in [0.3, 0.4) is 0 Å². The summed E-state index contributed by atoms with van der Waals surface area (Å²) in [5.74, 6) is 1.51. The Hall–Kier alpha value is -3.42. The van der Waals surface area contributed by atoms with E-state index in [0.717, 1.165) is 34.2 Å². The molecule has 3 aromatic rings. The summed E-state index contributed by atoms with van der Waals surface area (Å²) in [6.45, 7) is 0.176. The van der Waals surface area contributed by atoms with Crippen LogP contribution < -0.4 is 14.2 Å². The highest BCUT2D eigenvalue weighted by Gasteiger charge is 2.35. The summed E-state index contributed by atoms with van der Waals surface area (Å²) in [5, 5.41) is 0.0669. The lowest BCUT2D eigenvalue weighted by atomic mass is 10.0. The zero-order valence-electron chi connectivity index (χ0n) is 17.5. The molecule has 2 aliphatic heterocycles. The molecule has 0 unspecified atom stereocenters. The highest BCUT2D eigenvalue weighted by Crippen LogP contribution is 2.39. The molecule has 0 aliphatic carbocycles. The van der Waals surface area contributed by atoms with Gasteiger partial charge in [0.25, 0.3) is 11.1 Å². The first-order valence-electron chi connectivity index (χ1n) is 10.1. The Morgan fingerprint density at radius 2 is 1.76 bits per heavy atom. The Labute approximate surface area is 199 Å². The lowest BCUT2D eigenvalue weighted by molar-refractivity contribution is -0.123. The summed E-state index contributed by atoms with van der Waals surface area (Å²) in [6.07, 6.45) is 1.73. The van der Waals surface area contributed by atoms with E-state index in [1.165, 1.54) is 4.90 Å². The van der Waals surface area contributed by atoms with E-state index in [-0.39, 0.29) is 24.5 Å². The molecule has 0 bridgehead atoms. The van der Waals surface area contributed by atoms with E-state index < -0.39 is 0 Å². The molecule has 2 amide bonds. The van der Waals surface area contributed by atoms with Crippen LogP contribution in [0.4, 0.5) is 4.79 Å². The molecule has 2 heterocycles. The van der Waals surface area contributed by atoms with Crippen molar-refractivity contribution in [1.82, 2.24) is 4.90 Å². The number of fused-ring (bicyclic) bond motifs is 1. The fourth-order valence-electron chi connectivity index (χ4n) is 3.65. The van der Waals surface area contributed by atoms with E-state index in [0.29, 0.717) is 27.0 Å². The fraction of sp³-hybridized carbons (Fsp3) is 0.120. The molecule has 2 aliphatic rings. The number of methoxy groups -OCH3 is 1. The van der Waals surface area contributed by atoms with Crippen LogP contribution >= 0.6 is 23.4 Å². The lowest BCUT2D eigenvalue weighted by Crippen LogP contribution is -2.27. The van der Waals surface area contributed by atoms with E-state index >= 15 is 0 Å². The molecule has 6 nitrogen and oxygen atoms in total. The highest BCUT2D eigenvalue weighted by molar-refractivity contribution is 8.18. The number of imide groups is 1. The Kier molecular flexibility index (Phi) is 5.74. The van der Waals surface area contributed by atoms with Crippen molar-refractivity contribution in [3.05, 3.63) is 81.7 Å². The summed E-state index contributed by atoms with van der Waals surface area (Å²) >= 11 is 7.24. The average molecular weight is 480 g/mol. The number of rotatable bonds is 5. The number of halogens is 1. The number of carbonyl (C=O) groups is 2. The van der Waals surface area contributed by atoms with Crippen molar-refractivity contribution in [2.75, 3.05) is 13.9 Å². The molecular formula is C25H18ClNO5S. The first kappa shape index (κ1) is 21.4. The van der Waals surface area contributed by atoms with Gasteiger partial charge in [-0.05, 0) is 64.4 Å². The Bertz CT molecular complexity index is 1310. The van der Waals surface area contributed by atoms with Crippen LogP contribution in [0.15, 0.2) is 65.6 Å². The largest absolute Gasteiger partial charge is 0.497 e. The third-order valence-electron chi connectivity index (χ3n) is 5.33. The average Bonchev–Trinajstić information content (AvgIpc) is 3.38. The lowest BCUT2D eigenvalue weighted by Gasteiger charge is -2.14. The van der Waals surface area contributed by atoms with Gasteiger partial charge in [0.15, 0.2) is 11.5 Å². The summed E-state index contributed by atoms with van der Waals surface area (Å²) < 4.78 is 16.0. The van der Waals surface area contributed by atoms with E-state index in [1.807, 2.05) is 48.5 Å². The quantitative estimate of drug-likeness (QED) is 0.419. The van der Waals surface area contributed by atoms with Crippen LogP contribution in [0, 0.1) is 0 Å². The first-order valence-corrected chi connectivity index (χ1v) is 11.3. The normalized spacial score (nSPS) is 16.1. The van der Waals surface area contributed by atoms with Crippen molar-refractivity contribution in [3.63, 3.8) is 0 Å². The number of amides is 2. The minimum atomic E-state index is -0.356. The number of hydrogen-bond acceptors (Lipinski definition) is 6. The molecule has 0 atom stereocenters. The van der Waals surface area contributed by atoms with Crippen LogP contribution in [0.25, 0.3) is 17.2 Å². The van der Waals surface area contributed by atoms with Crippen molar-refractivity contribution in [2.24, 2.45) is 0 Å². The van der Waals surface area contributed by atoms with Crippen molar-refractivity contribution >= 4 is 40.6 Å². The van der Waals surface area contributed by atoms with Crippen LogP contribution in [-0.4, -0.2) is 29.9 Å². The van der Waals surface area contributed by atoms with Gasteiger partial charge in [0.2, 0.25) is 6.79 Å². The predicted octanol–water partition coefficient (Wildman–Crippen LogP) is 5.98. The maximum atomic E-state index is 13.0. The van der Waals surface area contributed by atoms with Gasteiger partial charge in [-0.15, -0.1) is 0 Å². The van der Waals surface area contributed by atoms with Crippen LogP contribution in [-0.2, 0) is 11.3 Å². The van der Waals surface area contributed by atoms with Gasteiger partial charge in [-0.3, -0.25) is 14.5 Å². The zero-order valence-corrected chi connectivity index (χ0v) is 19.1. The Balaban J connectivity index is 1.38. The second-order valence-corrected chi connectivity index (χ2v) is 8.82. The second-order valence-electron chi connectivity index (χ2n) is 7.42. The zero-order chi connectivity index (χ0) is 22.9. The van der Waals surface area contributed by atoms with Gasteiger partial charge in [0.05, 0.1) is 18.6 Å². The number of nitrogens with zero attached hydrogens (tertiary/aromatic N) is 1. The number of thioether (sulfide) groups is 1. The molecule has 1 saturated heterocycles. The highest BCUT2D eigenvalue weighted by atomic mass is 35.5. The van der Waals surface area contributed by atoms with Crippen molar-refractivity contribution < 1.29 is 23.8 Å². The Morgan fingerprint density at radius 3 is 2.55 bits per heavy atom. The summed E-state index contributed by atoms with van der Waals surface area (Å²) in [4.78, 5) is 27.2. The summed E-state index contributed by atoms with van der Waals surface area (Å²) in [7, 11) is 1.63. The monoisotopic (exact) mass is 479 g/mol. The third-order valence-corrected chi connectivity index (χ3v) is 6.59. The van der Waals surface area contributed by atoms with Crippen LogP contribution in [0.1, 0.15) is 11.1 Å². The van der Waals surface area contributed by atoms with Crippen LogP contribution in [0.5, 0.6) is 17.2 Å². The molecule has 0 N–H and O–H groups in total. The number of hydrogen-bond donors (Lipinski definition) is 0. The van der Waals surface area contributed by atoms with Gasteiger partial charge in [0, 0.05) is 11.1 Å². The third kappa shape index (κ3) is 4.29. The van der Waals surface area contributed by atoms with Gasteiger partial charge >= 0.3 is 0 Å². The smallest absolute Gasteiger partial charge is 0.293 e. The summed E-state index contributed by atoms with van der Waals surface area (Å²) in [6, 6.07) is 18.9. The predicted molar refractivity (Wildman–Crippen MR) is 128 cm³/mol. The molecule has 0 spiro atoms. The van der Waals surface area contributed by atoms with E-state index in [4.69, 9.17) is 25.8 Å². The SMILES string of the molecule is COc1cccc(-c2cccc(/C=C3\SC(=O)N(Cc4cc5c(cc4Cl)OCO5)C3=O)c2)c1. The van der Waals surface area contributed by atoms with Crippen molar-refractivity contribution in [1.29, 1.82) is 0 Å². The van der Waals surface area contributed by atoms with E-state index in [1.54, 1.807) is 25.3 Å². The minimum Gasteiger partial charge on any atom is -0.497 e. The molecule has 0 saturated carbocycles. The van der Waals surface area contributed by atoms with Gasteiger partial charge < -0.3 is 14.2 Å². The number of ether oxygens (including phenoxy) is 3. The standard InChI is InChI=1S/C25H18ClNO5S/c1-30-19-7-3-6-17(10-19)16-5-2-4-15(8-16)9-23-24(28)27(25(29)33-23)13-18-11-21-22(12-20(18)26)32-14-31-21/h2-12H,13-14H2,1H3/b23-9-. The maximum Gasteiger partial charge on any atom is 0.293 e.